The number of carboxylic acids is 1. The molecular formula is C44H72NO10P. The van der Waals surface area contributed by atoms with Crippen LogP contribution in [0.2, 0.25) is 0 Å². The van der Waals surface area contributed by atoms with Gasteiger partial charge in [-0.15, -0.1) is 0 Å². The lowest BCUT2D eigenvalue weighted by atomic mass is 10.1. The number of phosphoric acid groups is 1. The Morgan fingerprint density at radius 3 is 1.59 bits per heavy atom. The number of hydrogen-bond acceptors (Lipinski definition) is 9. The predicted octanol–water partition coefficient (Wildman–Crippen LogP) is 10.7. The molecule has 0 radical (unpaired) electrons. The molecule has 0 aliphatic heterocycles. The summed E-state index contributed by atoms with van der Waals surface area (Å²) in [5.41, 5.74) is 5.32. The van der Waals surface area contributed by atoms with Crippen LogP contribution in [0.3, 0.4) is 0 Å². The van der Waals surface area contributed by atoms with Crippen LogP contribution >= 0.6 is 7.82 Å². The lowest BCUT2D eigenvalue weighted by molar-refractivity contribution is -0.160. The molecule has 0 aliphatic carbocycles. The quantitative estimate of drug-likeness (QED) is 0.0236. The van der Waals surface area contributed by atoms with Gasteiger partial charge in [-0.1, -0.05) is 144 Å². The lowest BCUT2D eigenvalue weighted by Crippen LogP contribution is -2.34. The van der Waals surface area contributed by atoms with Gasteiger partial charge in [0.25, 0.3) is 0 Å². The molecule has 56 heavy (non-hydrogen) atoms. The van der Waals surface area contributed by atoms with Gasteiger partial charge in [0.2, 0.25) is 0 Å². The normalized spacial score (nSPS) is 14.6. The van der Waals surface area contributed by atoms with E-state index in [1.807, 2.05) is 18.2 Å². The standard InChI is InChI=1S/C44H72NO10P/c1-3-5-7-9-11-13-15-17-19-20-22-23-25-27-29-31-33-35-42(46)52-37-40(38-53-56(50,51)54-39-41(45)44(48)49)55-43(47)36-34-32-30-28-26-24-21-18-16-14-12-10-8-6-4-2/h6,8,11-14,17-19,21,26,28,32,34,40-41H,3-5,7,9-10,15-16,20,22-25,27,29-31,33,35-39,45H2,1-2H3,(H,48,49)(H,50,51)/b8-6-,13-11-,14-12-,19-17-,21-18-,28-26-,34-32-. The summed E-state index contributed by atoms with van der Waals surface area (Å²) in [6.07, 6.45) is 46.8. The van der Waals surface area contributed by atoms with Gasteiger partial charge in [-0.2, -0.15) is 0 Å². The maximum Gasteiger partial charge on any atom is 0.472 e. The summed E-state index contributed by atoms with van der Waals surface area (Å²) in [5, 5.41) is 8.87. The molecule has 0 aromatic carbocycles. The van der Waals surface area contributed by atoms with Crippen LogP contribution in [-0.4, -0.2) is 59.9 Å². The van der Waals surface area contributed by atoms with Gasteiger partial charge >= 0.3 is 25.7 Å². The summed E-state index contributed by atoms with van der Waals surface area (Å²) in [4.78, 5) is 45.8. The number of carbonyl (C=O) groups excluding carboxylic acids is 2. The van der Waals surface area contributed by atoms with E-state index in [9.17, 15) is 23.8 Å². The Labute approximate surface area is 337 Å². The molecule has 11 nitrogen and oxygen atoms in total. The first-order valence-electron chi connectivity index (χ1n) is 20.6. The van der Waals surface area contributed by atoms with Crippen LogP contribution in [0, 0.1) is 0 Å². The minimum Gasteiger partial charge on any atom is -0.480 e. The largest absolute Gasteiger partial charge is 0.480 e. The van der Waals surface area contributed by atoms with Gasteiger partial charge in [0.05, 0.1) is 19.6 Å². The van der Waals surface area contributed by atoms with E-state index in [0.717, 1.165) is 64.2 Å². The number of nitrogens with two attached hydrogens (primary N) is 1. The molecule has 0 saturated carbocycles. The summed E-state index contributed by atoms with van der Waals surface area (Å²) < 4.78 is 32.5. The molecule has 318 valence electrons. The average molecular weight is 806 g/mol. The number of phosphoric ester groups is 1. The Morgan fingerprint density at radius 1 is 0.589 bits per heavy atom. The molecule has 3 unspecified atom stereocenters. The molecule has 0 aromatic heterocycles. The summed E-state index contributed by atoms with van der Waals surface area (Å²) in [6, 6.07) is -1.54. The van der Waals surface area contributed by atoms with Gasteiger partial charge in [0.1, 0.15) is 12.6 Å². The second-order valence-electron chi connectivity index (χ2n) is 13.4. The average Bonchev–Trinajstić information content (AvgIpc) is 3.17. The van der Waals surface area contributed by atoms with Crippen molar-refractivity contribution in [2.75, 3.05) is 19.8 Å². The minimum atomic E-state index is -4.75. The maximum atomic E-state index is 12.5. The highest BCUT2D eigenvalue weighted by Crippen LogP contribution is 2.43. The van der Waals surface area contributed by atoms with Gasteiger partial charge in [-0.25, -0.2) is 4.57 Å². The zero-order valence-electron chi connectivity index (χ0n) is 34.2. The minimum absolute atomic E-state index is 0.0771. The number of rotatable bonds is 37. The molecule has 0 amide bonds. The van der Waals surface area contributed by atoms with Crippen molar-refractivity contribution in [2.24, 2.45) is 5.73 Å². The number of aliphatic carboxylic acids is 1. The molecule has 4 N–H and O–H groups in total. The van der Waals surface area contributed by atoms with Gasteiger partial charge in [-0.05, 0) is 70.6 Å². The topological polar surface area (TPSA) is 172 Å². The van der Waals surface area contributed by atoms with E-state index in [2.05, 4.69) is 79.1 Å². The van der Waals surface area contributed by atoms with Crippen LogP contribution in [0.4, 0.5) is 0 Å². The molecule has 0 bridgehead atoms. The molecule has 12 heteroatoms. The first-order valence-corrected chi connectivity index (χ1v) is 22.1. The van der Waals surface area contributed by atoms with Crippen LogP contribution in [0.1, 0.15) is 142 Å². The van der Waals surface area contributed by atoms with E-state index in [1.54, 1.807) is 6.08 Å². The fourth-order valence-corrected chi connectivity index (χ4v) is 5.71. The molecule has 0 rings (SSSR count). The van der Waals surface area contributed by atoms with E-state index in [1.165, 1.54) is 38.5 Å². The third kappa shape index (κ3) is 37.6. The third-order valence-corrected chi connectivity index (χ3v) is 9.11. The van der Waals surface area contributed by atoms with Crippen LogP contribution in [-0.2, 0) is 37.5 Å². The molecular weight excluding hydrogens is 733 g/mol. The van der Waals surface area contributed by atoms with E-state index in [-0.39, 0.29) is 12.8 Å². The zero-order valence-corrected chi connectivity index (χ0v) is 35.1. The first-order chi connectivity index (χ1) is 27.1. The number of unbranched alkanes of at least 4 members (excludes halogenated alkanes) is 10. The van der Waals surface area contributed by atoms with Crippen molar-refractivity contribution in [2.45, 2.75) is 154 Å². The van der Waals surface area contributed by atoms with Gasteiger partial charge in [0, 0.05) is 6.42 Å². The molecule has 3 atom stereocenters. The zero-order chi connectivity index (χ0) is 41.4. The summed E-state index contributed by atoms with van der Waals surface area (Å²) in [6.45, 7) is 2.53. The van der Waals surface area contributed by atoms with Crippen LogP contribution in [0.5, 0.6) is 0 Å². The summed E-state index contributed by atoms with van der Waals surface area (Å²) in [7, 11) is -4.75. The van der Waals surface area contributed by atoms with Crippen LogP contribution in [0.15, 0.2) is 85.1 Å². The first kappa shape index (κ1) is 52.7. The number of carbonyl (C=O) groups is 3. The number of esters is 2. The molecule has 0 spiro atoms. The summed E-state index contributed by atoms with van der Waals surface area (Å²) >= 11 is 0. The number of allylic oxidation sites excluding steroid dienone is 13. The molecule has 0 aliphatic rings. The maximum absolute atomic E-state index is 12.5. The van der Waals surface area contributed by atoms with Gasteiger partial charge in [-0.3, -0.25) is 23.4 Å². The van der Waals surface area contributed by atoms with Gasteiger partial charge < -0.3 is 25.2 Å². The van der Waals surface area contributed by atoms with Crippen molar-refractivity contribution >= 4 is 25.7 Å². The summed E-state index contributed by atoms with van der Waals surface area (Å²) in [5.74, 6) is -2.56. The molecule has 0 saturated heterocycles. The van der Waals surface area contributed by atoms with Crippen molar-refractivity contribution < 1.29 is 47.5 Å². The van der Waals surface area contributed by atoms with Gasteiger partial charge in [0.15, 0.2) is 6.10 Å². The monoisotopic (exact) mass is 805 g/mol. The Hall–Kier alpha value is -3.34. The van der Waals surface area contributed by atoms with Crippen molar-refractivity contribution in [1.29, 1.82) is 0 Å². The fourth-order valence-electron chi connectivity index (χ4n) is 4.93. The van der Waals surface area contributed by atoms with Crippen molar-refractivity contribution in [1.82, 2.24) is 0 Å². The SMILES string of the molecule is CC/C=C\C/C=C\C/C=C\C/C=C\C/C=C\CC(=O)OC(COC(=O)CCCCCCCCC/C=C\C/C=C\CCCCC)COP(=O)(O)OCC(N)C(=O)O. The fraction of sp³-hybridized carbons (Fsp3) is 0.614. The lowest BCUT2D eigenvalue weighted by Gasteiger charge is -2.20. The Balaban J connectivity index is 4.54. The second kappa shape index (κ2) is 38.5. The van der Waals surface area contributed by atoms with Crippen LogP contribution < -0.4 is 5.73 Å². The highest BCUT2D eigenvalue weighted by Gasteiger charge is 2.28. The Morgan fingerprint density at radius 2 is 1.05 bits per heavy atom. The Kier molecular flexibility index (Phi) is 36.2. The molecule has 0 heterocycles. The van der Waals surface area contributed by atoms with Crippen LogP contribution in [0.25, 0.3) is 0 Å². The Bertz CT molecular complexity index is 1270. The predicted molar refractivity (Wildman–Crippen MR) is 226 cm³/mol. The molecule has 0 fully saturated rings. The molecule has 0 aromatic rings. The highest BCUT2D eigenvalue weighted by molar-refractivity contribution is 7.47. The van der Waals surface area contributed by atoms with Crippen molar-refractivity contribution in [3.8, 4) is 0 Å². The van der Waals surface area contributed by atoms with Crippen molar-refractivity contribution in [3.05, 3.63) is 85.1 Å². The highest BCUT2D eigenvalue weighted by atomic mass is 31.2. The van der Waals surface area contributed by atoms with E-state index < -0.39 is 57.7 Å². The van der Waals surface area contributed by atoms with Crippen molar-refractivity contribution in [3.63, 3.8) is 0 Å². The smallest absolute Gasteiger partial charge is 0.472 e. The number of ether oxygens (including phenoxy) is 2. The van der Waals surface area contributed by atoms with E-state index in [0.29, 0.717) is 12.8 Å². The number of carboxylic acid groups (broad SMARTS) is 1. The third-order valence-electron chi connectivity index (χ3n) is 8.16. The van der Waals surface area contributed by atoms with E-state index >= 15 is 0 Å². The number of hydrogen-bond donors (Lipinski definition) is 3. The van der Waals surface area contributed by atoms with E-state index in [4.69, 9.17) is 24.8 Å². The second-order valence-corrected chi connectivity index (χ2v) is 14.9.